The predicted octanol–water partition coefficient (Wildman–Crippen LogP) is 2.66. The average Bonchev–Trinajstić information content (AvgIpc) is 2.96. The molecule has 1 saturated heterocycles. The second-order valence-corrected chi connectivity index (χ2v) is 7.93. The predicted molar refractivity (Wildman–Crippen MR) is 110 cm³/mol. The third-order valence-corrected chi connectivity index (χ3v) is 4.86. The van der Waals surface area contributed by atoms with Crippen molar-refractivity contribution in [2.75, 3.05) is 25.1 Å². The van der Waals surface area contributed by atoms with E-state index in [2.05, 4.69) is 19.2 Å². The molecule has 6 nitrogen and oxygen atoms in total. The van der Waals surface area contributed by atoms with Gasteiger partial charge in [0.25, 0.3) is 0 Å². The third kappa shape index (κ3) is 5.59. The van der Waals surface area contributed by atoms with E-state index in [1.54, 1.807) is 12.0 Å². The lowest BCUT2D eigenvalue weighted by Crippen LogP contribution is -2.54. The third-order valence-electron chi connectivity index (χ3n) is 4.86. The maximum absolute atomic E-state index is 12.8. The fraction of sp³-hybridized carbons (Fsp3) is 0.600. The fourth-order valence-electron chi connectivity index (χ4n) is 3.61. The highest BCUT2D eigenvalue weighted by Crippen LogP contribution is 2.34. The highest BCUT2D eigenvalue weighted by molar-refractivity contribution is 6.01. The number of ether oxygens (including phenoxy) is 1. The topological polar surface area (TPSA) is 84.7 Å². The lowest BCUT2D eigenvalue weighted by atomic mass is 9.90. The van der Waals surface area contributed by atoms with Crippen molar-refractivity contribution in [3.8, 4) is 5.75 Å². The number of methoxy groups -OCH3 is 1. The van der Waals surface area contributed by atoms with E-state index in [1.807, 2.05) is 32.0 Å². The number of carbonyl (C=O) groups excluding carboxylic acids is 2. The van der Waals surface area contributed by atoms with Crippen molar-refractivity contribution in [3.05, 3.63) is 23.8 Å². The number of halogens is 1. The molecule has 2 rings (SSSR count). The first-order valence-electron chi connectivity index (χ1n) is 9.16. The van der Waals surface area contributed by atoms with Gasteiger partial charge < -0.3 is 20.7 Å². The highest BCUT2D eigenvalue weighted by Gasteiger charge is 2.38. The molecule has 1 heterocycles. The zero-order valence-electron chi connectivity index (χ0n) is 16.9. The van der Waals surface area contributed by atoms with Crippen LogP contribution in [0.1, 0.15) is 39.2 Å². The largest absolute Gasteiger partial charge is 0.495 e. The highest BCUT2D eigenvalue weighted by atomic mass is 35.5. The number of anilines is 1. The second kappa shape index (κ2) is 9.42. The number of rotatable bonds is 7. The first-order valence-corrected chi connectivity index (χ1v) is 9.16. The molecule has 2 amide bonds. The van der Waals surface area contributed by atoms with Crippen LogP contribution in [-0.4, -0.2) is 37.6 Å². The van der Waals surface area contributed by atoms with E-state index < -0.39 is 5.54 Å². The Morgan fingerprint density at radius 1 is 1.44 bits per heavy atom. The Morgan fingerprint density at radius 2 is 2.11 bits per heavy atom. The molecule has 2 unspecified atom stereocenters. The van der Waals surface area contributed by atoms with Gasteiger partial charge in [-0.3, -0.25) is 9.59 Å². The van der Waals surface area contributed by atoms with E-state index >= 15 is 0 Å². The number of hydrogen-bond acceptors (Lipinski definition) is 4. The van der Waals surface area contributed by atoms with Gasteiger partial charge in [0, 0.05) is 25.0 Å². The van der Waals surface area contributed by atoms with Crippen molar-refractivity contribution in [1.82, 2.24) is 5.32 Å². The Labute approximate surface area is 168 Å². The summed E-state index contributed by atoms with van der Waals surface area (Å²) in [5.74, 6) is 0.498. The van der Waals surface area contributed by atoms with Gasteiger partial charge in [-0.15, -0.1) is 12.4 Å². The van der Waals surface area contributed by atoms with Crippen LogP contribution in [-0.2, 0) is 9.59 Å². The Kier molecular flexibility index (Phi) is 8.11. The summed E-state index contributed by atoms with van der Waals surface area (Å²) in [6.07, 6.45) is 0.997. The molecular weight excluding hydrogens is 366 g/mol. The van der Waals surface area contributed by atoms with Crippen LogP contribution in [0.25, 0.3) is 0 Å². The molecule has 3 N–H and O–H groups in total. The monoisotopic (exact) mass is 397 g/mol. The smallest absolute Gasteiger partial charge is 0.227 e. The molecule has 1 aromatic rings. The van der Waals surface area contributed by atoms with Gasteiger partial charge in [0.1, 0.15) is 5.75 Å². The number of benzene rings is 1. The summed E-state index contributed by atoms with van der Waals surface area (Å²) in [6, 6.07) is 5.70. The van der Waals surface area contributed by atoms with Gasteiger partial charge >= 0.3 is 0 Å². The van der Waals surface area contributed by atoms with Crippen LogP contribution in [0.4, 0.5) is 5.69 Å². The van der Waals surface area contributed by atoms with Gasteiger partial charge in [0.15, 0.2) is 0 Å². The molecule has 0 aliphatic carbocycles. The molecule has 27 heavy (non-hydrogen) atoms. The SMILES string of the molecule is COc1ccc(C)cc1N1CC(C(=O)NC(C)(CN)CC(C)C)CC1=O.Cl. The van der Waals surface area contributed by atoms with E-state index in [-0.39, 0.29) is 36.6 Å². The van der Waals surface area contributed by atoms with Gasteiger partial charge in [0.05, 0.1) is 18.7 Å². The second-order valence-electron chi connectivity index (χ2n) is 7.93. The van der Waals surface area contributed by atoms with E-state index in [1.165, 1.54) is 0 Å². The Balaban J connectivity index is 0.00000364. The lowest BCUT2D eigenvalue weighted by Gasteiger charge is -2.32. The van der Waals surface area contributed by atoms with Crippen molar-refractivity contribution in [1.29, 1.82) is 0 Å². The van der Waals surface area contributed by atoms with Crippen LogP contribution < -0.4 is 20.7 Å². The summed E-state index contributed by atoms with van der Waals surface area (Å²) < 4.78 is 5.39. The van der Waals surface area contributed by atoms with Crippen molar-refractivity contribution in [2.24, 2.45) is 17.6 Å². The Hall–Kier alpha value is -1.79. The molecule has 0 radical (unpaired) electrons. The van der Waals surface area contributed by atoms with E-state index in [0.717, 1.165) is 17.7 Å². The molecule has 0 aromatic heterocycles. The van der Waals surface area contributed by atoms with Crippen molar-refractivity contribution in [2.45, 2.75) is 46.1 Å². The maximum atomic E-state index is 12.8. The number of amides is 2. The molecular formula is C20H32ClN3O3. The average molecular weight is 398 g/mol. The van der Waals surface area contributed by atoms with Gasteiger partial charge in [0.2, 0.25) is 11.8 Å². The normalized spacial score (nSPS) is 18.9. The number of carbonyl (C=O) groups is 2. The van der Waals surface area contributed by atoms with Gasteiger partial charge in [-0.25, -0.2) is 0 Å². The number of hydrogen-bond donors (Lipinski definition) is 2. The number of nitrogens with zero attached hydrogens (tertiary/aromatic N) is 1. The Morgan fingerprint density at radius 3 is 2.67 bits per heavy atom. The molecule has 152 valence electrons. The molecule has 0 bridgehead atoms. The summed E-state index contributed by atoms with van der Waals surface area (Å²) in [7, 11) is 1.58. The van der Waals surface area contributed by atoms with E-state index in [4.69, 9.17) is 10.5 Å². The van der Waals surface area contributed by atoms with Gasteiger partial charge in [-0.1, -0.05) is 19.9 Å². The van der Waals surface area contributed by atoms with E-state index in [0.29, 0.717) is 24.8 Å². The first kappa shape index (κ1) is 23.2. The van der Waals surface area contributed by atoms with Crippen LogP contribution in [0.5, 0.6) is 5.75 Å². The maximum Gasteiger partial charge on any atom is 0.227 e. The summed E-state index contributed by atoms with van der Waals surface area (Å²) in [4.78, 5) is 27.0. The molecule has 0 spiro atoms. The van der Waals surface area contributed by atoms with E-state index in [9.17, 15) is 9.59 Å². The molecule has 1 aliphatic heterocycles. The minimum absolute atomic E-state index is 0. The summed E-state index contributed by atoms with van der Waals surface area (Å²) >= 11 is 0. The van der Waals surface area contributed by atoms with Crippen molar-refractivity contribution < 1.29 is 14.3 Å². The quantitative estimate of drug-likeness (QED) is 0.740. The summed E-state index contributed by atoms with van der Waals surface area (Å²) in [6.45, 7) is 8.85. The summed E-state index contributed by atoms with van der Waals surface area (Å²) in [5, 5.41) is 3.07. The lowest BCUT2D eigenvalue weighted by molar-refractivity contribution is -0.128. The van der Waals surface area contributed by atoms with Crippen molar-refractivity contribution in [3.63, 3.8) is 0 Å². The number of nitrogens with two attached hydrogens (primary N) is 1. The van der Waals surface area contributed by atoms with Crippen LogP contribution in [0.2, 0.25) is 0 Å². The fourth-order valence-corrected chi connectivity index (χ4v) is 3.61. The molecule has 1 aromatic carbocycles. The molecule has 0 saturated carbocycles. The minimum atomic E-state index is -0.456. The van der Waals surface area contributed by atoms with Crippen molar-refractivity contribution >= 4 is 29.9 Å². The molecule has 2 atom stereocenters. The van der Waals surface area contributed by atoms with Crippen LogP contribution in [0.3, 0.4) is 0 Å². The molecule has 1 aliphatic rings. The zero-order valence-corrected chi connectivity index (χ0v) is 17.7. The summed E-state index contributed by atoms with van der Waals surface area (Å²) in [5.41, 5.74) is 7.19. The molecule has 7 heteroatoms. The van der Waals surface area contributed by atoms with Crippen LogP contribution >= 0.6 is 12.4 Å². The molecule has 1 fully saturated rings. The van der Waals surface area contributed by atoms with Gasteiger partial charge in [-0.05, 0) is 43.9 Å². The minimum Gasteiger partial charge on any atom is -0.495 e. The first-order chi connectivity index (χ1) is 12.2. The zero-order chi connectivity index (χ0) is 19.5. The standard InChI is InChI=1S/C20H31N3O3.ClH/c1-13(2)10-20(4,12-21)22-19(25)15-9-18(24)23(11-15)16-8-14(3)6-7-17(16)26-5;/h6-8,13,15H,9-12,21H2,1-5H3,(H,22,25);1H. The van der Waals surface area contributed by atoms with Gasteiger partial charge in [-0.2, -0.15) is 0 Å². The van der Waals surface area contributed by atoms with Crippen LogP contribution in [0, 0.1) is 18.8 Å². The number of nitrogens with one attached hydrogen (secondary N) is 1. The number of aryl methyl sites for hydroxylation is 1. The van der Waals surface area contributed by atoms with Crippen LogP contribution in [0.15, 0.2) is 18.2 Å². The Bertz CT molecular complexity index is 680.